The predicted molar refractivity (Wildman–Crippen MR) is 106 cm³/mol. The quantitative estimate of drug-likeness (QED) is 0.668. The first-order chi connectivity index (χ1) is 13.2. The normalized spacial score (nSPS) is 13.7. The van der Waals surface area contributed by atoms with Crippen LogP contribution in [-0.4, -0.2) is 27.0 Å². The number of hydrogen-bond donors (Lipinski definition) is 0. The number of imidazole rings is 1. The molecule has 1 aliphatic rings. The molecule has 3 aromatic rings. The number of pyridine rings is 1. The van der Waals surface area contributed by atoms with E-state index in [9.17, 15) is 4.79 Å². The fourth-order valence-electron chi connectivity index (χ4n) is 3.54. The minimum absolute atomic E-state index is 0.00108. The summed E-state index contributed by atoms with van der Waals surface area (Å²) in [6.45, 7) is 3.47. The third kappa shape index (κ3) is 3.60. The lowest BCUT2D eigenvalue weighted by Gasteiger charge is -2.28. The summed E-state index contributed by atoms with van der Waals surface area (Å²) in [5.74, 6) is 1.07. The standard InChI is InChI=1S/C21H21ClN4O/c1-2-3-20-24-7-9-25(20)14-15-10-18(13-23-12-15)26-8-6-16-11-17(22)4-5-19(16)21(26)27/h4-5,7,9-13H,2-3,6,8,14H2,1H3. The molecule has 1 aliphatic heterocycles. The monoisotopic (exact) mass is 380 g/mol. The Hall–Kier alpha value is -2.66. The highest BCUT2D eigenvalue weighted by atomic mass is 35.5. The maximum atomic E-state index is 12.9. The van der Waals surface area contributed by atoms with Crippen LogP contribution in [0.15, 0.2) is 49.1 Å². The van der Waals surface area contributed by atoms with Crippen molar-refractivity contribution < 1.29 is 4.79 Å². The van der Waals surface area contributed by atoms with Gasteiger partial charge in [0.25, 0.3) is 5.91 Å². The summed E-state index contributed by atoms with van der Waals surface area (Å²) in [4.78, 5) is 23.5. The molecule has 4 rings (SSSR count). The topological polar surface area (TPSA) is 51.0 Å². The second kappa shape index (κ2) is 7.53. The number of amides is 1. The molecule has 0 unspecified atom stereocenters. The Kier molecular flexibility index (Phi) is 4.94. The third-order valence-electron chi connectivity index (χ3n) is 4.87. The average molecular weight is 381 g/mol. The van der Waals surface area contributed by atoms with E-state index in [-0.39, 0.29) is 5.91 Å². The SMILES string of the molecule is CCCc1nccn1Cc1cncc(N2CCc3cc(Cl)ccc3C2=O)c1. The number of hydrogen-bond acceptors (Lipinski definition) is 3. The maximum Gasteiger partial charge on any atom is 0.258 e. The van der Waals surface area contributed by atoms with E-state index in [4.69, 9.17) is 11.6 Å². The van der Waals surface area contributed by atoms with Crippen molar-refractivity contribution in [1.82, 2.24) is 14.5 Å². The van der Waals surface area contributed by atoms with Crippen LogP contribution in [0.5, 0.6) is 0 Å². The first-order valence-corrected chi connectivity index (χ1v) is 9.57. The van der Waals surface area contributed by atoms with Crippen LogP contribution < -0.4 is 4.90 Å². The highest BCUT2D eigenvalue weighted by Gasteiger charge is 2.26. The van der Waals surface area contributed by atoms with E-state index in [2.05, 4.69) is 21.5 Å². The Balaban J connectivity index is 1.58. The van der Waals surface area contributed by atoms with Crippen LogP contribution in [-0.2, 0) is 19.4 Å². The van der Waals surface area contributed by atoms with E-state index in [0.29, 0.717) is 18.1 Å². The van der Waals surface area contributed by atoms with Crippen LogP contribution >= 0.6 is 11.6 Å². The zero-order chi connectivity index (χ0) is 18.8. The molecule has 0 N–H and O–H groups in total. The van der Waals surface area contributed by atoms with Crippen molar-refractivity contribution in [2.45, 2.75) is 32.7 Å². The van der Waals surface area contributed by atoms with Gasteiger partial charge < -0.3 is 9.47 Å². The van der Waals surface area contributed by atoms with Gasteiger partial charge in [-0.2, -0.15) is 0 Å². The molecule has 0 atom stereocenters. The summed E-state index contributed by atoms with van der Waals surface area (Å²) >= 11 is 6.06. The number of halogens is 1. The molecule has 1 aromatic carbocycles. The van der Waals surface area contributed by atoms with Gasteiger partial charge in [0.1, 0.15) is 5.82 Å². The number of benzene rings is 1. The molecule has 0 bridgehead atoms. The third-order valence-corrected chi connectivity index (χ3v) is 5.10. The highest BCUT2D eigenvalue weighted by Crippen LogP contribution is 2.27. The molecule has 0 radical (unpaired) electrons. The lowest BCUT2D eigenvalue weighted by molar-refractivity contribution is 0.0980. The van der Waals surface area contributed by atoms with Gasteiger partial charge in [-0.15, -0.1) is 0 Å². The number of rotatable bonds is 5. The fraction of sp³-hybridized carbons (Fsp3) is 0.286. The zero-order valence-electron chi connectivity index (χ0n) is 15.2. The molecule has 138 valence electrons. The van der Waals surface area contributed by atoms with Gasteiger partial charge in [0.15, 0.2) is 0 Å². The molecule has 2 aromatic heterocycles. The second-order valence-corrected chi connectivity index (χ2v) is 7.22. The first kappa shape index (κ1) is 17.7. The number of carbonyl (C=O) groups is 1. The summed E-state index contributed by atoms with van der Waals surface area (Å²) in [5.41, 5.74) is 3.61. The first-order valence-electron chi connectivity index (χ1n) is 9.20. The molecule has 0 saturated carbocycles. The zero-order valence-corrected chi connectivity index (χ0v) is 16.0. The number of carbonyl (C=O) groups excluding carboxylic acids is 1. The van der Waals surface area contributed by atoms with Crippen LogP contribution in [0.2, 0.25) is 5.02 Å². The van der Waals surface area contributed by atoms with Crippen molar-refractivity contribution in [2.24, 2.45) is 0 Å². The lowest BCUT2D eigenvalue weighted by atomic mass is 9.98. The van der Waals surface area contributed by atoms with Crippen molar-refractivity contribution in [3.63, 3.8) is 0 Å². The average Bonchev–Trinajstić information content (AvgIpc) is 3.09. The number of aromatic nitrogens is 3. The Labute approximate surface area is 163 Å². The van der Waals surface area contributed by atoms with E-state index in [0.717, 1.165) is 47.5 Å². The van der Waals surface area contributed by atoms with E-state index in [1.807, 2.05) is 36.8 Å². The van der Waals surface area contributed by atoms with E-state index >= 15 is 0 Å². The minimum atomic E-state index is 0.00108. The van der Waals surface area contributed by atoms with Gasteiger partial charge in [0.05, 0.1) is 18.4 Å². The van der Waals surface area contributed by atoms with Gasteiger partial charge in [-0.1, -0.05) is 18.5 Å². The van der Waals surface area contributed by atoms with E-state index in [1.165, 1.54) is 0 Å². The molecule has 5 nitrogen and oxygen atoms in total. The molecule has 0 fully saturated rings. The van der Waals surface area contributed by atoms with Crippen LogP contribution in [0.25, 0.3) is 0 Å². The Morgan fingerprint density at radius 3 is 2.96 bits per heavy atom. The summed E-state index contributed by atoms with van der Waals surface area (Å²) in [6, 6.07) is 7.51. The van der Waals surface area contributed by atoms with Gasteiger partial charge in [-0.05, 0) is 48.2 Å². The van der Waals surface area contributed by atoms with Gasteiger partial charge in [0, 0.05) is 42.1 Å². The van der Waals surface area contributed by atoms with Crippen LogP contribution in [0, 0.1) is 0 Å². The number of fused-ring (bicyclic) bond motifs is 1. The van der Waals surface area contributed by atoms with Crippen molar-refractivity contribution in [3.8, 4) is 0 Å². The Morgan fingerprint density at radius 2 is 2.11 bits per heavy atom. The fourth-order valence-corrected chi connectivity index (χ4v) is 3.74. The summed E-state index contributed by atoms with van der Waals surface area (Å²) in [5, 5.41) is 0.668. The molecule has 1 amide bonds. The molecular formula is C21H21ClN4O. The smallest absolute Gasteiger partial charge is 0.258 e. The van der Waals surface area contributed by atoms with E-state index < -0.39 is 0 Å². The highest BCUT2D eigenvalue weighted by molar-refractivity contribution is 6.30. The molecule has 0 aliphatic carbocycles. The predicted octanol–water partition coefficient (Wildman–Crippen LogP) is 4.14. The van der Waals surface area contributed by atoms with Gasteiger partial charge in [-0.25, -0.2) is 4.98 Å². The molecular weight excluding hydrogens is 360 g/mol. The lowest BCUT2D eigenvalue weighted by Crippen LogP contribution is -2.37. The number of aryl methyl sites for hydroxylation is 1. The van der Waals surface area contributed by atoms with Crippen molar-refractivity contribution in [3.05, 3.63) is 76.6 Å². The van der Waals surface area contributed by atoms with Crippen molar-refractivity contribution in [1.29, 1.82) is 0 Å². The summed E-state index contributed by atoms with van der Waals surface area (Å²) < 4.78 is 2.14. The number of anilines is 1. The van der Waals surface area contributed by atoms with Gasteiger partial charge >= 0.3 is 0 Å². The number of nitrogens with zero attached hydrogens (tertiary/aromatic N) is 4. The van der Waals surface area contributed by atoms with Crippen LogP contribution in [0.4, 0.5) is 5.69 Å². The minimum Gasteiger partial charge on any atom is -0.330 e. The maximum absolute atomic E-state index is 12.9. The Morgan fingerprint density at radius 1 is 1.22 bits per heavy atom. The summed E-state index contributed by atoms with van der Waals surface area (Å²) in [7, 11) is 0. The van der Waals surface area contributed by atoms with Crippen LogP contribution in [0.1, 0.15) is 40.7 Å². The molecule has 0 spiro atoms. The largest absolute Gasteiger partial charge is 0.330 e. The van der Waals surface area contributed by atoms with Gasteiger partial charge in [0.2, 0.25) is 0 Å². The summed E-state index contributed by atoms with van der Waals surface area (Å²) in [6.07, 6.45) is 10.2. The van der Waals surface area contributed by atoms with E-state index in [1.54, 1.807) is 17.2 Å². The van der Waals surface area contributed by atoms with Gasteiger partial charge in [-0.3, -0.25) is 9.78 Å². The molecule has 0 saturated heterocycles. The Bertz CT molecular complexity index is 982. The molecule has 3 heterocycles. The van der Waals surface area contributed by atoms with Crippen LogP contribution in [0.3, 0.4) is 0 Å². The second-order valence-electron chi connectivity index (χ2n) is 6.78. The van der Waals surface area contributed by atoms with Crippen molar-refractivity contribution >= 4 is 23.2 Å². The molecule has 27 heavy (non-hydrogen) atoms. The molecule has 6 heteroatoms. The van der Waals surface area contributed by atoms with Crippen molar-refractivity contribution in [2.75, 3.05) is 11.4 Å².